The molecule has 0 saturated heterocycles. The number of rotatable bonds is 7. The minimum atomic E-state index is -0.619. The van der Waals surface area contributed by atoms with Gasteiger partial charge in [-0.05, 0) is 36.4 Å². The lowest BCUT2D eigenvalue weighted by molar-refractivity contribution is -0.384. The average molecular weight is 420 g/mol. The van der Waals surface area contributed by atoms with Crippen molar-refractivity contribution in [2.24, 2.45) is 5.16 Å². The molecule has 0 aliphatic rings. The van der Waals surface area contributed by atoms with Gasteiger partial charge < -0.3 is 4.84 Å². The maximum atomic E-state index is 12.9. The van der Waals surface area contributed by atoms with E-state index >= 15 is 0 Å². The number of benzene rings is 3. The number of nitrogens with zero attached hydrogens (tertiary/aromatic N) is 2. The van der Waals surface area contributed by atoms with E-state index in [1.165, 1.54) is 30.8 Å². The first-order valence-corrected chi connectivity index (χ1v) is 9.64. The molecule has 30 heavy (non-hydrogen) atoms. The molecule has 0 aromatic heterocycles. The van der Waals surface area contributed by atoms with Gasteiger partial charge in [0, 0.05) is 40.0 Å². The largest absolute Gasteiger partial charge is 0.332 e. The van der Waals surface area contributed by atoms with Crippen molar-refractivity contribution < 1.29 is 19.3 Å². The number of ketones is 1. The van der Waals surface area contributed by atoms with E-state index in [0.717, 1.165) is 9.79 Å². The molecular formula is C22H16N2O5S. The number of oxime groups is 1. The Labute approximate surface area is 176 Å². The lowest BCUT2D eigenvalue weighted by Crippen LogP contribution is -2.17. The van der Waals surface area contributed by atoms with Gasteiger partial charge >= 0.3 is 5.97 Å². The number of nitro groups is 1. The third-order valence-corrected chi connectivity index (χ3v) is 4.94. The van der Waals surface area contributed by atoms with Gasteiger partial charge in [0.25, 0.3) is 5.69 Å². The number of carbonyl (C=O) groups excluding carboxylic acids is 2. The van der Waals surface area contributed by atoms with E-state index in [-0.39, 0.29) is 17.2 Å². The standard InChI is InChI=1S/C22H16N2O5S/c1-15(25)29-23-21(16-5-3-2-4-6-16)22(26)17-7-11-19(12-8-17)30-20-13-9-18(10-14-20)24(27)28/h2-14H,1H3. The Bertz CT molecular complexity index is 1090. The fourth-order valence-electron chi connectivity index (χ4n) is 2.51. The molecule has 0 amide bonds. The summed E-state index contributed by atoms with van der Waals surface area (Å²) >= 11 is 1.41. The zero-order valence-electron chi connectivity index (χ0n) is 15.8. The highest BCUT2D eigenvalue weighted by Gasteiger charge is 2.18. The van der Waals surface area contributed by atoms with Crippen LogP contribution in [-0.4, -0.2) is 22.4 Å². The second kappa shape index (κ2) is 9.62. The first kappa shape index (κ1) is 20.9. The highest BCUT2D eigenvalue weighted by molar-refractivity contribution is 7.99. The Morgan fingerprint density at radius 1 is 0.867 bits per heavy atom. The normalized spacial score (nSPS) is 11.0. The van der Waals surface area contributed by atoms with Crippen LogP contribution in [0, 0.1) is 10.1 Å². The zero-order chi connectivity index (χ0) is 21.5. The zero-order valence-corrected chi connectivity index (χ0v) is 16.7. The summed E-state index contributed by atoms with van der Waals surface area (Å²) in [6, 6.07) is 21.8. The van der Waals surface area contributed by atoms with Crippen molar-refractivity contribution in [3.8, 4) is 0 Å². The fourth-order valence-corrected chi connectivity index (χ4v) is 3.33. The quantitative estimate of drug-likeness (QED) is 0.177. The van der Waals surface area contributed by atoms with Crippen LogP contribution in [0.25, 0.3) is 0 Å². The highest BCUT2D eigenvalue weighted by atomic mass is 32.2. The van der Waals surface area contributed by atoms with Gasteiger partial charge in [0.2, 0.25) is 5.78 Å². The number of hydrogen-bond acceptors (Lipinski definition) is 7. The highest BCUT2D eigenvalue weighted by Crippen LogP contribution is 2.29. The summed E-state index contributed by atoms with van der Waals surface area (Å²) in [6.07, 6.45) is 0. The van der Waals surface area contributed by atoms with Gasteiger partial charge in [-0.2, -0.15) is 0 Å². The first-order valence-electron chi connectivity index (χ1n) is 8.82. The molecule has 8 heteroatoms. The van der Waals surface area contributed by atoms with E-state index in [1.807, 2.05) is 6.07 Å². The minimum absolute atomic E-state index is 0.0285. The van der Waals surface area contributed by atoms with Gasteiger partial charge in [0.05, 0.1) is 4.92 Å². The third-order valence-electron chi connectivity index (χ3n) is 3.93. The van der Waals surface area contributed by atoms with E-state index < -0.39 is 10.9 Å². The van der Waals surface area contributed by atoms with E-state index in [9.17, 15) is 19.7 Å². The Balaban J connectivity index is 1.79. The Morgan fingerprint density at radius 3 is 1.97 bits per heavy atom. The van der Waals surface area contributed by atoms with Crippen molar-refractivity contribution >= 4 is 34.9 Å². The molecule has 0 N–H and O–H groups in total. The van der Waals surface area contributed by atoms with Crippen LogP contribution in [0.15, 0.2) is 93.8 Å². The number of hydrogen-bond donors (Lipinski definition) is 0. The SMILES string of the molecule is CC(=O)ON=C(C(=O)c1ccc(Sc2ccc([N+](=O)[O-])cc2)cc1)c1ccccc1. The van der Waals surface area contributed by atoms with E-state index in [0.29, 0.717) is 11.1 Å². The third kappa shape index (κ3) is 5.39. The number of carbonyl (C=O) groups is 2. The molecule has 0 aliphatic carbocycles. The van der Waals surface area contributed by atoms with Crippen LogP contribution in [0.1, 0.15) is 22.8 Å². The van der Waals surface area contributed by atoms with Crippen LogP contribution in [0.2, 0.25) is 0 Å². The summed E-state index contributed by atoms with van der Waals surface area (Å²) < 4.78 is 0. The van der Waals surface area contributed by atoms with E-state index in [1.54, 1.807) is 60.7 Å². The van der Waals surface area contributed by atoms with Crippen molar-refractivity contribution in [2.45, 2.75) is 16.7 Å². The Hall–Kier alpha value is -3.78. The van der Waals surface area contributed by atoms with Gasteiger partial charge in [-0.25, -0.2) is 4.79 Å². The molecule has 0 radical (unpaired) electrons. The van der Waals surface area contributed by atoms with Gasteiger partial charge in [-0.1, -0.05) is 47.2 Å². The second-order valence-corrected chi connectivity index (χ2v) is 7.24. The van der Waals surface area contributed by atoms with Gasteiger partial charge in [0.1, 0.15) is 0 Å². The summed E-state index contributed by atoms with van der Waals surface area (Å²) in [5, 5.41) is 14.5. The van der Waals surface area contributed by atoms with Crippen LogP contribution in [-0.2, 0) is 9.63 Å². The van der Waals surface area contributed by atoms with Crippen molar-refractivity contribution in [1.82, 2.24) is 0 Å². The first-order chi connectivity index (χ1) is 14.4. The molecule has 0 unspecified atom stereocenters. The van der Waals surface area contributed by atoms with Gasteiger partial charge in [0.15, 0.2) is 5.71 Å². The van der Waals surface area contributed by atoms with Crippen molar-refractivity contribution in [2.75, 3.05) is 0 Å². The molecule has 0 spiro atoms. The summed E-state index contributed by atoms with van der Waals surface area (Å²) in [5.74, 6) is -1.000. The molecule has 150 valence electrons. The summed E-state index contributed by atoms with van der Waals surface area (Å²) in [6.45, 7) is 1.21. The fraction of sp³-hybridized carbons (Fsp3) is 0.0455. The van der Waals surface area contributed by atoms with Gasteiger partial charge in [-0.3, -0.25) is 14.9 Å². The lowest BCUT2D eigenvalue weighted by atomic mass is 10.0. The molecule has 7 nitrogen and oxygen atoms in total. The molecule has 0 aliphatic heterocycles. The van der Waals surface area contributed by atoms with Crippen molar-refractivity contribution in [3.63, 3.8) is 0 Å². The predicted octanol–water partition coefficient (Wildman–Crippen LogP) is 4.90. The maximum absolute atomic E-state index is 12.9. The van der Waals surface area contributed by atoms with Gasteiger partial charge in [-0.15, -0.1) is 0 Å². The van der Waals surface area contributed by atoms with E-state index in [2.05, 4.69) is 5.16 Å². The van der Waals surface area contributed by atoms with Crippen LogP contribution >= 0.6 is 11.8 Å². The Morgan fingerprint density at radius 2 is 1.43 bits per heavy atom. The lowest BCUT2D eigenvalue weighted by Gasteiger charge is -2.07. The molecule has 0 bridgehead atoms. The summed E-state index contributed by atoms with van der Waals surface area (Å²) in [5.41, 5.74) is 0.980. The average Bonchev–Trinajstić information content (AvgIpc) is 2.75. The summed E-state index contributed by atoms with van der Waals surface area (Å²) in [7, 11) is 0. The monoisotopic (exact) mass is 420 g/mol. The number of Topliss-reactive ketones (excluding diaryl/α,β-unsaturated/α-hetero) is 1. The Kier molecular flexibility index (Phi) is 6.71. The summed E-state index contributed by atoms with van der Waals surface area (Å²) in [4.78, 5) is 40.8. The second-order valence-electron chi connectivity index (χ2n) is 6.10. The molecule has 0 heterocycles. The molecule has 0 atom stereocenters. The van der Waals surface area contributed by atoms with E-state index in [4.69, 9.17) is 4.84 Å². The minimum Gasteiger partial charge on any atom is -0.318 e. The maximum Gasteiger partial charge on any atom is 0.332 e. The molecule has 3 aromatic carbocycles. The van der Waals surface area contributed by atoms with Crippen molar-refractivity contribution in [1.29, 1.82) is 0 Å². The number of nitro benzene ring substituents is 1. The molecule has 0 saturated carbocycles. The molecule has 0 fully saturated rings. The number of non-ortho nitro benzene ring substituents is 1. The predicted molar refractivity (Wildman–Crippen MR) is 113 cm³/mol. The smallest absolute Gasteiger partial charge is 0.318 e. The van der Waals surface area contributed by atoms with Crippen LogP contribution < -0.4 is 0 Å². The topological polar surface area (TPSA) is 98.9 Å². The molecular weight excluding hydrogens is 404 g/mol. The van der Waals surface area contributed by atoms with Crippen LogP contribution in [0.3, 0.4) is 0 Å². The van der Waals surface area contributed by atoms with Crippen LogP contribution in [0.5, 0.6) is 0 Å². The molecule has 3 rings (SSSR count). The van der Waals surface area contributed by atoms with Crippen LogP contribution in [0.4, 0.5) is 5.69 Å². The van der Waals surface area contributed by atoms with Crippen molar-refractivity contribution in [3.05, 3.63) is 100 Å². The molecule has 3 aromatic rings.